The highest BCUT2D eigenvalue weighted by Crippen LogP contribution is 2.33. The van der Waals surface area contributed by atoms with E-state index in [-0.39, 0.29) is 23.0 Å². The largest absolute Gasteiger partial charge is 0.506 e. The number of hydrogen-bond donors (Lipinski definition) is 2. The maximum absolute atomic E-state index is 13.1. The Balaban J connectivity index is 1.97. The smallest absolute Gasteiger partial charge is 0.341 e. The van der Waals surface area contributed by atoms with Gasteiger partial charge in [0.1, 0.15) is 11.5 Å². The van der Waals surface area contributed by atoms with Gasteiger partial charge < -0.3 is 10.4 Å². The number of halogens is 1. The molecule has 0 saturated carbocycles. The number of carbonyl (C=O) groups excluding carboxylic acids is 2. The molecule has 0 fully saturated rings. The number of Topliss-reactive ketones (excluding diaryl/α,β-unsaturated/α-hetero) is 1. The summed E-state index contributed by atoms with van der Waals surface area (Å²) in [6, 6.07) is 13.1. The summed E-state index contributed by atoms with van der Waals surface area (Å²) in [5.41, 5.74) is 2.13. The molecule has 26 heavy (non-hydrogen) atoms. The van der Waals surface area contributed by atoms with Crippen LogP contribution in [0.3, 0.4) is 0 Å². The van der Waals surface area contributed by atoms with Crippen molar-refractivity contribution in [2.24, 2.45) is 10.9 Å². The van der Waals surface area contributed by atoms with Crippen molar-refractivity contribution in [2.75, 3.05) is 0 Å². The van der Waals surface area contributed by atoms with E-state index in [1.54, 1.807) is 12.1 Å². The first kappa shape index (κ1) is 18.1. The number of carbonyl (C=O) groups is 2. The highest BCUT2D eigenvalue weighted by atomic mass is 35.5. The van der Waals surface area contributed by atoms with Gasteiger partial charge in [-0.1, -0.05) is 54.9 Å². The number of aliphatic imine (C=N–C) groups is 1. The summed E-state index contributed by atoms with van der Waals surface area (Å²) in [7, 11) is 0. The van der Waals surface area contributed by atoms with Crippen LogP contribution in [0.4, 0.5) is 4.79 Å². The molecule has 0 aromatic heterocycles. The van der Waals surface area contributed by atoms with Crippen LogP contribution in [0.2, 0.25) is 5.02 Å². The van der Waals surface area contributed by atoms with Gasteiger partial charge in [0.25, 0.3) is 0 Å². The molecule has 0 spiro atoms. The van der Waals surface area contributed by atoms with Crippen molar-refractivity contribution in [3.8, 4) is 5.75 Å². The van der Waals surface area contributed by atoms with E-state index in [1.807, 2.05) is 37.3 Å². The molecule has 0 aliphatic carbocycles. The molecule has 1 aliphatic heterocycles. The zero-order chi connectivity index (χ0) is 18.7. The Morgan fingerprint density at radius 1 is 1.23 bits per heavy atom. The molecule has 5 nitrogen and oxygen atoms in total. The molecule has 2 aromatic rings. The van der Waals surface area contributed by atoms with E-state index in [0.717, 1.165) is 5.56 Å². The molecule has 6 heteroatoms. The number of nitrogens with zero attached hydrogens (tertiary/aromatic N) is 1. The van der Waals surface area contributed by atoms with Gasteiger partial charge >= 0.3 is 6.03 Å². The third-order valence-corrected chi connectivity index (χ3v) is 4.78. The van der Waals surface area contributed by atoms with Gasteiger partial charge in [-0.15, -0.1) is 0 Å². The summed E-state index contributed by atoms with van der Waals surface area (Å²) in [5, 5.41) is 12.6. The van der Waals surface area contributed by atoms with E-state index in [1.165, 1.54) is 6.07 Å². The van der Waals surface area contributed by atoms with Crippen LogP contribution in [0, 0.1) is 5.92 Å². The second-order valence-electron chi connectivity index (χ2n) is 6.20. The molecule has 2 atom stereocenters. The van der Waals surface area contributed by atoms with Crippen LogP contribution < -0.4 is 5.32 Å². The first-order valence-electron chi connectivity index (χ1n) is 8.42. The molecule has 1 heterocycles. The van der Waals surface area contributed by atoms with Crippen LogP contribution in [0.5, 0.6) is 5.75 Å². The normalized spacial score (nSPS) is 19.6. The lowest BCUT2D eigenvalue weighted by molar-refractivity contribution is -0.121. The lowest BCUT2D eigenvalue weighted by Gasteiger charge is -2.31. The van der Waals surface area contributed by atoms with Crippen molar-refractivity contribution >= 4 is 29.1 Å². The number of phenolic OH excluding ortho intramolecular Hbond substituents is 1. The van der Waals surface area contributed by atoms with E-state index in [0.29, 0.717) is 17.7 Å². The van der Waals surface area contributed by atoms with Crippen LogP contribution in [0.15, 0.2) is 53.5 Å². The number of ketones is 1. The molecule has 2 N–H and O–H groups in total. The number of phenols is 1. The molecule has 3 rings (SSSR count). The van der Waals surface area contributed by atoms with Crippen LogP contribution >= 0.6 is 11.6 Å². The predicted octanol–water partition coefficient (Wildman–Crippen LogP) is 4.09. The summed E-state index contributed by atoms with van der Waals surface area (Å²) >= 11 is 6.02. The van der Waals surface area contributed by atoms with Gasteiger partial charge in [0.05, 0.1) is 17.0 Å². The molecular formula is C20H19ClN2O3. The molecule has 1 aliphatic rings. The average Bonchev–Trinajstić information content (AvgIpc) is 2.63. The number of nitrogens with one attached hydrogen (secondary N) is 1. The minimum absolute atomic E-state index is 0.0222. The SMILES string of the molecule is CCC1=NC(=O)NC(c2ccc(O)c(Cl)c2)C1C(=O)Cc1ccccc1. The van der Waals surface area contributed by atoms with E-state index < -0.39 is 18.0 Å². The predicted molar refractivity (Wildman–Crippen MR) is 101 cm³/mol. The van der Waals surface area contributed by atoms with Crippen LogP contribution in [0.1, 0.15) is 30.5 Å². The number of amides is 2. The first-order chi connectivity index (χ1) is 12.5. The Kier molecular flexibility index (Phi) is 5.38. The molecule has 2 unspecified atom stereocenters. The molecule has 134 valence electrons. The van der Waals surface area contributed by atoms with Gasteiger partial charge in [-0.2, -0.15) is 0 Å². The number of urea groups is 1. The highest BCUT2D eigenvalue weighted by Gasteiger charge is 2.37. The lowest BCUT2D eigenvalue weighted by atomic mass is 9.81. The number of benzene rings is 2. The summed E-state index contributed by atoms with van der Waals surface area (Å²) < 4.78 is 0. The second-order valence-corrected chi connectivity index (χ2v) is 6.61. The fraction of sp³-hybridized carbons (Fsp3) is 0.250. The summed E-state index contributed by atoms with van der Waals surface area (Å²) in [6.45, 7) is 1.88. The molecule has 0 bridgehead atoms. The van der Waals surface area contributed by atoms with Crippen molar-refractivity contribution in [2.45, 2.75) is 25.8 Å². The lowest BCUT2D eigenvalue weighted by Crippen LogP contribution is -2.44. The van der Waals surface area contributed by atoms with Gasteiger partial charge in [-0.3, -0.25) is 4.79 Å². The number of hydrogen-bond acceptors (Lipinski definition) is 3. The Hall–Kier alpha value is -2.66. The maximum Gasteiger partial charge on any atom is 0.341 e. The Morgan fingerprint density at radius 3 is 2.62 bits per heavy atom. The standard InChI is InChI=1S/C20H19ClN2O3/c1-2-15-18(17(25)10-12-6-4-3-5-7-12)19(23-20(26)22-15)13-8-9-16(24)14(21)11-13/h3-9,11,18-19,24H,2,10H2,1H3,(H,23,26). The third kappa shape index (κ3) is 3.78. The van der Waals surface area contributed by atoms with Crippen molar-refractivity contribution in [3.05, 3.63) is 64.7 Å². The Labute approximate surface area is 156 Å². The van der Waals surface area contributed by atoms with Crippen LogP contribution in [0.25, 0.3) is 0 Å². The quantitative estimate of drug-likeness (QED) is 0.832. The topological polar surface area (TPSA) is 78.8 Å². The van der Waals surface area contributed by atoms with Gasteiger partial charge in [0.15, 0.2) is 0 Å². The molecule has 2 amide bonds. The van der Waals surface area contributed by atoms with E-state index in [2.05, 4.69) is 10.3 Å². The van der Waals surface area contributed by atoms with Gasteiger partial charge in [0, 0.05) is 12.1 Å². The molecular weight excluding hydrogens is 352 g/mol. The van der Waals surface area contributed by atoms with E-state index >= 15 is 0 Å². The van der Waals surface area contributed by atoms with Crippen molar-refractivity contribution in [1.29, 1.82) is 0 Å². The third-order valence-electron chi connectivity index (χ3n) is 4.48. The number of rotatable bonds is 5. The summed E-state index contributed by atoms with van der Waals surface area (Å²) in [6.07, 6.45) is 0.754. The van der Waals surface area contributed by atoms with E-state index in [9.17, 15) is 14.7 Å². The van der Waals surface area contributed by atoms with Crippen LogP contribution in [-0.2, 0) is 11.2 Å². The molecule has 0 radical (unpaired) electrons. The van der Waals surface area contributed by atoms with Crippen molar-refractivity contribution in [3.63, 3.8) is 0 Å². The van der Waals surface area contributed by atoms with Crippen molar-refractivity contribution < 1.29 is 14.7 Å². The summed E-state index contributed by atoms with van der Waals surface area (Å²) in [4.78, 5) is 29.1. The minimum atomic E-state index is -0.571. The fourth-order valence-electron chi connectivity index (χ4n) is 3.21. The first-order valence-corrected chi connectivity index (χ1v) is 8.80. The van der Waals surface area contributed by atoms with Gasteiger partial charge in [-0.25, -0.2) is 9.79 Å². The second kappa shape index (κ2) is 7.70. The Bertz CT molecular complexity index is 865. The Morgan fingerprint density at radius 2 is 1.96 bits per heavy atom. The zero-order valence-corrected chi connectivity index (χ0v) is 15.0. The van der Waals surface area contributed by atoms with Gasteiger partial charge in [0.2, 0.25) is 0 Å². The summed E-state index contributed by atoms with van der Waals surface area (Å²) in [5.74, 6) is -0.640. The highest BCUT2D eigenvalue weighted by molar-refractivity contribution is 6.32. The minimum Gasteiger partial charge on any atom is -0.506 e. The zero-order valence-electron chi connectivity index (χ0n) is 14.3. The van der Waals surface area contributed by atoms with Crippen LogP contribution in [-0.4, -0.2) is 22.6 Å². The monoisotopic (exact) mass is 370 g/mol. The molecule has 2 aromatic carbocycles. The maximum atomic E-state index is 13.1. The van der Waals surface area contributed by atoms with Gasteiger partial charge in [-0.05, 0) is 29.7 Å². The molecule has 0 saturated heterocycles. The fourth-order valence-corrected chi connectivity index (χ4v) is 3.40. The number of aromatic hydroxyl groups is 1. The van der Waals surface area contributed by atoms with E-state index in [4.69, 9.17) is 11.6 Å². The average molecular weight is 371 g/mol. The van der Waals surface area contributed by atoms with Crippen molar-refractivity contribution in [1.82, 2.24) is 5.32 Å².